The van der Waals surface area contributed by atoms with Crippen LogP contribution >= 0.6 is 12.6 Å². The summed E-state index contributed by atoms with van der Waals surface area (Å²) in [6.45, 7) is 6.89. The molecule has 0 rings (SSSR count). The number of amides is 3. The van der Waals surface area contributed by atoms with Gasteiger partial charge in [0.05, 0.1) is 6.04 Å². The lowest BCUT2D eigenvalue weighted by Crippen LogP contribution is -2.58. The Bertz CT molecular complexity index is 529. The summed E-state index contributed by atoms with van der Waals surface area (Å²) < 4.78 is 0. The van der Waals surface area contributed by atoms with Gasteiger partial charge in [-0.05, 0) is 18.3 Å². The van der Waals surface area contributed by atoms with Crippen LogP contribution in [0, 0.1) is 11.8 Å². The zero-order valence-corrected chi connectivity index (χ0v) is 17.2. The Kier molecular flexibility index (Phi) is 11.7. The van der Waals surface area contributed by atoms with E-state index in [1.807, 2.05) is 20.8 Å². The minimum atomic E-state index is -1.18. The van der Waals surface area contributed by atoms with Crippen molar-refractivity contribution >= 4 is 36.3 Å². The average Bonchev–Trinajstić information content (AvgIpc) is 2.61. The minimum absolute atomic E-state index is 0.108. The third kappa shape index (κ3) is 9.62. The summed E-state index contributed by atoms with van der Waals surface area (Å²) in [6.07, 6.45) is 0.956. The fourth-order valence-corrected chi connectivity index (χ4v) is 2.46. The maximum absolute atomic E-state index is 12.7. The van der Waals surface area contributed by atoms with Crippen LogP contribution in [-0.2, 0) is 19.2 Å². The van der Waals surface area contributed by atoms with Gasteiger partial charge in [-0.25, -0.2) is 0 Å². The molecule has 156 valence electrons. The molecule has 0 saturated heterocycles. The lowest BCUT2D eigenvalue weighted by molar-refractivity contribution is -0.139. The summed E-state index contributed by atoms with van der Waals surface area (Å²) in [5.41, 5.74) is 5.64. The first kappa shape index (κ1) is 25.2. The fourth-order valence-electron chi connectivity index (χ4n) is 2.29. The number of hydrogen-bond acceptors (Lipinski definition) is 6. The highest BCUT2D eigenvalue weighted by molar-refractivity contribution is 7.80. The molecule has 0 fully saturated rings. The van der Waals surface area contributed by atoms with Crippen molar-refractivity contribution in [2.24, 2.45) is 17.6 Å². The minimum Gasteiger partial charge on any atom is -0.480 e. The molecule has 0 aromatic rings. The van der Waals surface area contributed by atoms with Crippen LogP contribution in [0.2, 0.25) is 0 Å². The lowest BCUT2D eigenvalue weighted by atomic mass is 9.96. The van der Waals surface area contributed by atoms with Crippen LogP contribution in [0.1, 0.15) is 40.5 Å². The Hall–Kier alpha value is -1.81. The van der Waals surface area contributed by atoms with Crippen LogP contribution < -0.4 is 21.7 Å². The highest BCUT2D eigenvalue weighted by atomic mass is 32.1. The Morgan fingerprint density at radius 2 is 1.63 bits per heavy atom. The van der Waals surface area contributed by atoms with E-state index in [1.165, 1.54) is 0 Å². The number of nitrogens with two attached hydrogens (primary N) is 1. The molecule has 0 aromatic heterocycles. The van der Waals surface area contributed by atoms with Crippen LogP contribution in [0.15, 0.2) is 0 Å². The van der Waals surface area contributed by atoms with Crippen molar-refractivity contribution in [2.45, 2.75) is 58.7 Å². The predicted octanol–water partition coefficient (Wildman–Crippen LogP) is -0.494. The van der Waals surface area contributed by atoms with Crippen molar-refractivity contribution < 1.29 is 24.3 Å². The molecule has 0 spiro atoms. The van der Waals surface area contributed by atoms with Crippen molar-refractivity contribution in [3.05, 3.63) is 0 Å². The first-order chi connectivity index (χ1) is 12.5. The summed E-state index contributed by atoms with van der Waals surface area (Å²) in [6, 6.07) is -2.62. The average molecular weight is 405 g/mol. The van der Waals surface area contributed by atoms with E-state index in [0.29, 0.717) is 12.8 Å². The molecular formula is C17H32N4O5S. The molecule has 0 aliphatic carbocycles. The number of aliphatic carboxylic acids is 1. The van der Waals surface area contributed by atoms with Gasteiger partial charge in [0, 0.05) is 5.75 Å². The van der Waals surface area contributed by atoms with Crippen molar-refractivity contribution in [1.29, 1.82) is 0 Å². The Balaban J connectivity index is 5.25. The lowest BCUT2D eigenvalue weighted by Gasteiger charge is -2.27. The molecule has 9 nitrogen and oxygen atoms in total. The molecule has 0 aromatic carbocycles. The van der Waals surface area contributed by atoms with Gasteiger partial charge in [0.25, 0.3) is 0 Å². The van der Waals surface area contributed by atoms with Crippen molar-refractivity contribution in [1.82, 2.24) is 16.0 Å². The number of nitrogens with one attached hydrogen (secondary N) is 3. The molecule has 4 unspecified atom stereocenters. The molecule has 6 N–H and O–H groups in total. The van der Waals surface area contributed by atoms with E-state index in [1.54, 1.807) is 6.92 Å². The third-order valence-electron chi connectivity index (χ3n) is 4.08. The van der Waals surface area contributed by atoms with E-state index in [2.05, 4.69) is 28.6 Å². The summed E-state index contributed by atoms with van der Waals surface area (Å²) in [7, 11) is 0. The van der Waals surface area contributed by atoms with Gasteiger partial charge in [-0.1, -0.05) is 34.1 Å². The zero-order chi connectivity index (χ0) is 21.1. The van der Waals surface area contributed by atoms with E-state index in [-0.39, 0.29) is 17.6 Å². The van der Waals surface area contributed by atoms with E-state index < -0.39 is 48.4 Å². The standard InChI is InChI=1S/C17H32N4O5S/c1-5-10(4)14(17(26)19-7-13(22)23)21-16(25)12(6-9(2)3)20-15(24)11(18)8-27/h9-12,14,27H,5-8,18H2,1-4H3,(H,19,26)(H,20,24)(H,21,25)(H,22,23). The van der Waals surface area contributed by atoms with Crippen LogP contribution in [0.4, 0.5) is 0 Å². The second kappa shape index (κ2) is 12.6. The Morgan fingerprint density at radius 1 is 1.04 bits per heavy atom. The second-order valence-electron chi connectivity index (χ2n) is 6.96. The van der Waals surface area contributed by atoms with E-state index in [0.717, 1.165) is 0 Å². The Labute approximate surface area is 165 Å². The number of carboxylic acids is 1. The highest BCUT2D eigenvalue weighted by Gasteiger charge is 2.30. The molecule has 3 amide bonds. The van der Waals surface area contributed by atoms with Crippen molar-refractivity contribution in [3.8, 4) is 0 Å². The maximum atomic E-state index is 12.7. The molecule has 10 heteroatoms. The summed E-state index contributed by atoms with van der Waals surface area (Å²) in [4.78, 5) is 47.7. The molecule has 0 bridgehead atoms. The number of carbonyl (C=O) groups excluding carboxylic acids is 3. The van der Waals surface area contributed by atoms with Gasteiger partial charge in [0.2, 0.25) is 17.7 Å². The smallest absolute Gasteiger partial charge is 0.322 e. The van der Waals surface area contributed by atoms with Crippen LogP contribution in [0.5, 0.6) is 0 Å². The second-order valence-corrected chi connectivity index (χ2v) is 7.33. The number of rotatable bonds is 12. The quantitative estimate of drug-likeness (QED) is 0.242. The molecule has 0 aliphatic heterocycles. The molecule has 0 saturated carbocycles. The van der Waals surface area contributed by atoms with E-state index in [4.69, 9.17) is 10.8 Å². The van der Waals surface area contributed by atoms with Gasteiger partial charge < -0.3 is 26.8 Å². The van der Waals surface area contributed by atoms with E-state index in [9.17, 15) is 19.2 Å². The van der Waals surface area contributed by atoms with Gasteiger partial charge in [0.15, 0.2) is 0 Å². The molecule has 4 atom stereocenters. The van der Waals surface area contributed by atoms with Gasteiger partial charge in [-0.3, -0.25) is 19.2 Å². The van der Waals surface area contributed by atoms with E-state index >= 15 is 0 Å². The highest BCUT2D eigenvalue weighted by Crippen LogP contribution is 2.11. The summed E-state index contributed by atoms with van der Waals surface area (Å²) in [5, 5.41) is 16.2. The molecule has 0 radical (unpaired) electrons. The van der Waals surface area contributed by atoms with Crippen molar-refractivity contribution in [2.75, 3.05) is 12.3 Å². The largest absolute Gasteiger partial charge is 0.480 e. The first-order valence-electron chi connectivity index (χ1n) is 9.00. The molecule has 0 heterocycles. The fraction of sp³-hybridized carbons (Fsp3) is 0.765. The van der Waals surface area contributed by atoms with Crippen molar-refractivity contribution in [3.63, 3.8) is 0 Å². The summed E-state index contributed by atoms with van der Waals surface area (Å²) >= 11 is 3.97. The summed E-state index contributed by atoms with van der Waals surface area (Å²) in [5.74, 6) is -2.76. The van der Waals surface area contributed by atoms with Crippen LogP contribution in [0.3, 0.4) is 0 Å². The first-order valence-corrected chi connectivity index (χ1v) is 9.63. The molecule has 0 aliphatic rings. The van der Waals surface area contributed by atoms with Gasteiger partial charge in [-0.2, -0.15) is 12.6 Å². The normalized spacial score (nSPS) is 15.4. The van der Waals surface area contributed by atoms with Gasteiger partial charge in [0.1, 0.15) is 18.6 Å². The SMILES string of the molecule is CCC(C)C(NC(=O)C(CC(C)C)NC(=O)C(N)CS)C(=O)NCC(=O)O. The third-order valence-corrected chi connectivity index (χ3v) is 4.47. The van der Waals surface area contributed by atoms with Crippen LogP contribution in [0.25, 0.3) is 0 Å². The van der Waals surface area contributed by atoms with Gasteiger partial charge >= 0.3 is 5.97 Å². The maximum Gasteiger partial charge on any atom is 0.322 e. The number of carboxylic acid groups (broad SMARTS) is 1. The number of thiol groups is 1. The predicted molar refractivity (Wildman–Crippen MR) is 105 cm³/mol. The molecular weight excluding hydrogens is 372 g/mol. The monoisotopic (exact) mass is 404 g/mol. The zero-order valence-electron chi connectivity index (χ0n) is 16.3. The number of carbonyl (C=O) groups is 4. The topological polar surface area (TPSA) is 151 Å². The van der Waals surface area contributed by atoms with Crippen LogP contribution in [-0.4, -0.2) is 59.2 Å². The Morgan fingerprint density at radius 3 is 2.07 bits per heavy atom. The molecule has 27 heavy (non-hydrogen) atoms. The van der Waals surface area contributed by atoms with Gasteiger partial charge in [-0.15, -0.1) is 0 Å². The number of hydrogen-bond donors (Lipinski definition) is 6.